The van der Waals surface area contributed by atoms with Crippen molar-refractivity contribution in [3.05, 3.63) is 30.1 Å². The molecule has 3 fully saturated rings. The Labute approximate surface area is 224 Å². The molecular formula is C29H40N4O5. The molecule has 3 aliphatic carbocycles. The predicted molar refractivity (Wildman–Crippen MR) is 142 cm³/mol. The van der Waals surface area contributed by atoms with E-state index in [1.165, 1.54) is 0 Å². The first kappa shape index (κ1) is 26.5. The van der Waals surface area contributed by atoms with E-state index in [1.807, 2.05) is 18.2 Å². The second-order valence-corrected chi connectivity index (χ2v) is 12.9. The number of hydrogen-bond acceptors (Lipinski definition) is 7. The Morgan fingerprint density at radius 2 is 1.61 bits per heavy atom. The van der Waals surface area contributed by atoms with Crippen LogP contribution in [0.4, 0.5) is 9.59 Å². The molecule has 0 unspecified atom stereocenters. The average Bonchev–Trinajstić information content (AvgIpc) is 3.70. The zero-order valence-corrected chi connectivity index (χ0v) is 23.4. The summed E-state index contributed by atoms with van der Waals surface area (Å²) in [5, 5.41) is 4.99. The fraction of sp³-hybridized carbons (Fsp3) is 0.655. The lowest BCUT2D eigenvalue weighted by Crippen LogP contribution is -2.47. The van der Waals surface area contributed by atoms with Crippen LogP contribution in [0.15, 0.2) is 24.4 Å². The van der Waals surface area contributed by atoms with E-state index in [1.54, 1.807) is 41.5 Å². The van der Waals surface area contributed by atoms with E-state index in [9.17, 15) is 9.59 Å². The van der Waals surface area contributed by atoms with Gasteiger partial charge in [-0.25, -0.2) is 19.5 Å². The highest BCUT2D eigenvalue weighted by Crippen LogP contribution is 2.46. The first-order chi connectivity index (χ1) is 17.8. The van der Waals surface area contributed by atoms with E-state index in [0.717, 1.165) is 60.4 Å². The highest BCUT2D eigenvalue weighted by molar-refractivity contribution is 5.88. The Balaban J connectivity index is 1.27. The molecule has 9 heteroatoms. The summed E-state index contributed by atoms with van der Waals surface area (Å²) in [7, 11) is 0. The van der Waals surface area contributed by atoms with Crippen molar-refractivity contribution in [2.24, 2.45) is 5.92 Å². The maximum Gasteiger partial charge on any atom is 0.419 e. The molecule has 0 spiro atoms. The van der Waals surface area contributed by atoms with E-state index in [2.05, 4.69) is 10.9 Å². The molecule has 206 valence electrons. The summed E-state index contributed by atoms with van der Waals surface area (Å²) < 4.78 is 19.0. The fourth-order valence-electron chi connectivity index (χ4n) is 4.62. The van der Waals surface area contributed by atoms with E-state index in [4.69, 9.17) is 24.3 Å². The molecule has 0 bridgehead atoms. The number of imide groups is 1. The summed E-state index contributed by atoms with van der Waals surface area (Å²) in [6.07, 6.45) is 7.18. The molecular weight excluding hydrogens is 484 g/mol. The molecule has 0 atom stereocenters. The van der Waals surface area contributed by atoms with Gasteiger partial charge in [-0.1, -0.05) is 6.07 Å². The molecule has 3 saturated carbocycles. The number of carbonyl (C=O) groups excluding carboxylic acids is 2. The largest absolute Gasteiger partial charge is 0.474 e. The standard InChI is InChI=1S/C29H40N4O5/c1-28(2,3)37-26(34)32(27(35)38-29(4,5)6)16-18-14-20(15-18)33-17-22(25(31-33)19-10-11-19)23-8-7-9-24(30-23)36-21-12-13-21/h7-9,17-21H,10-16H2,1-6H3. The number of aromatic nitrogens is 3. The molecule has 2 aromatic heterocycles. The van der Waals surface area contributed by atoms with E-state index < -0.39 is 23.4 Å². The summed E-state index contributed by atoms with van der Waals surface area (Å²) in [6.45, 7) is 11.0. The van der Waals surface area contributed by atoms with Crippen LogP contribution in [0.25, 0.3) is 11.3 Å². The van der Waals surface area contributed by atoms with Crippen LogP contribution in [0, 0.1) is 5.92 Å². The lowest BCUT2D eigenvalue weighted by molar-refractivity contribution is -0.00641. The van der Waals surface area contributed by atoms with Crippen molar-refractivity contribution in [3.8, 4) is 17.1 Å². The summed E-state index contributed by atoms with van der Waals surface area (Å²) in [5.41, 5.74) is 1.65. The van der Waals surface area contributed by atoms with Gasteiger partial charge in [0.05, 0.1) is 17.4 Å². The minimum absolute atomic E-state index is 0.144. The third kappa shape index (κ3) is 6.66. The molecule has 0 N–H and O–H groups in total. The highest BCUT2D eigenvalue weighted by atomic mass is 16.6. The van der Waals surface area contributed by atoms with Gasteiger partial charge in [-0.2, -0.15) is 5.10 Å². The molecule has 5 rings (SSSR count). The number of amides is 2. The Morgan fingerprint density at radius 3 is 2.16 bits per heavy atom. The van der Waals surface area contributed by atoms with Crippen LogP contribution in [0.5, 0.6) is 5.88 Å². The van der Waals surface area contributed by atoms with Gasteiger partial charge in [0.25, 0.3) is 0 Å². The molecule has 0 aromatic carbocycles. The summed E-state index contributed by atoms with van der Waals surface area (Å²) >= 11 is 0. The van der Waals surface area contributed by atoms with Crippen molar-refractivity contribution in [1.82, 2.24) is 19.7 Å². The monoisotopic (exact) mass is 524 g/mol. The van der Waals surface area contributed by atoms with Gasteiger partial charge in [0.15, 0.2) is 0 Å². The van der Waals surface area contributed by atoms with Crippen LogP contribution in [0.3, 0.4) is 0 Å². The third-order valence-corrected chi connectivity index (χ3v) is 6.79. The van der Waals surface area contributed by atoms with Crippen LogP contribution in [-0.2, 0) is 9.47 Å². The maximum atomic E-state index is 12.9. The molecule has 2 amide bonds. The van der Waals surface area contributed by atoms with Gasteiger partial charge < -0.3 is 14.2 Å². The molecule has 3 aliphatic rings. The first-order valence-corrected chi connectivity index (χ1v) is 13.8. The number of rotatable bonds is 7. The molecule has 0 saturated heterocycles. The van der Waals surface area contributed by atoms with Crippen molar-refractivity contribution < 1.29 is 23.8 Å². The van der Waals surface area contributed by atoms with Gasteiger partial charge in [0.1, 0.15) is 17.3 Å². The van der Waals surface area contributed by atoms with E-state index >= 15 is 0 Å². The first-order valence-electron chi connectivity index (χ1n) is 13.8. The van der Waals surface area contributed by atoms with Gasteiger partial charge in [-0.05, 0) is 92.1 Å². The number of hydrogen-bond donors (Lipinski definition) is 0. The van der Waals surface area contributed by atoms with E-state index in [0.29, 0.717) is 17.9 Å². The summed E-state index contributed by atoms with van der Waals surface area (Å²) in [4.78, 5) is 31.6. The summed E-state index contributed by atoms with van der Waals surface area (Å²) in [5.74, 6) is 1.30. The Kier molecular flexibility index (Phi) is 6.90. The van der Waals surface area contributed by atoms with Crippen molar-refractivity contribution in [3.63, 3.8) is 0 Å². The number of nitrogens with zero attached hydrogens (tertiary/aromatic N) is 4. The average molecular weight is 525 g/mol. The van der Waals surface area contributed by atoms with Crippen LogP contribution in [0.2, 0.25) is 0 Å². The Hall–Kier alpha value is -3.10. The molecule has 2 aromatic rings. The van der Waals surface area contributed by atoms with Crippen molar-refractivity contribution in [2.45, 2.75) is 109 Å². The number of ether oxygens (including phenoxy) is 3. The maximum absolute atomic E-state index is 12.9. The Morgan fingerprint density at radius 1 is 0.974 bits per heavy atom. The Bertz CT molecular complexity index is 1150. The second-order valence-electron chi connectivity index (χ2n) is 12.9. The minimum Gasteiger partial charge on any atom is -0.474 e. The number of carbonyl (C=O) groups is 2. The molecule has 9 nitrogen and oxygen atoms in total. The highest BCUT2D eigenvalue weighted by Gasteiger charge is 2.39. The zero-order chi connectivity index (χ0) is 27.2. The molecule has 0 aliphatic heterocycles. The van der Waals surface area contributed by atoms with E-state index in [-0.39, 0.29) is 18.5 Å². The van der Waals surface area contributed by atoms with Gasteiger partial charge in [0.2, 0.25) is 5.88 Å². The van der Waals surface area contributed by atoms with Crippen LogP contribution >= 0.6 is 0 Å². The second kappa shape index (κ2) is 9.89. The molecule has 0 radical (unpaired) electrons. The van der Waals surface area contributed by atoms with Gasteiger partial charge >= 0.3 is 12.2 Å². The normalized spacial score (nSPS) is 21.4. The SMILES string of the molecule is CC(C)(C)OC(=O)N(CC1CC(n2cc(-c3cccc(OC4CC4)n3)c(C3CC3)n2)C1)C(=O)OC(C)(C)C. The zero-order valence-electron chi connectivity index (χ0n) is 23.4. The van der Waals surface area contributed by atoms with Crippen molar-refractivity contribution in [2.75, 3.05) is 6.54 Å². The van der Waals surface area contributed by atoms with Crippen LogP contribution in [0.1, 0.15) is 97.7 Å². The minimum atomic E-state index is -0.709. The van der Waals surface area contributed by atoms with Gasteiger partial charge in [0, 0.05) is 30.3 Å². The topological polar surface area (TPSA) is 95.8 Å². The van der Waals surface area contributed by atoms with Crippen LogP contribution in [-0.4, -0.2) is 55.7 Å². The smallest absolute Gasteiger partial charge is 0.419 e. The number of pyridine rings is 1. The van der Waals surface area contributed by atoms with Crippen molar-refractivity contribution >= 4 is 12.2 Å². The predicted octanol–water partition coefficient (Wildman–Crippen LogP) is 6.49. The van der Waals surface area contributed by atoms with Crippen LogP contribution < -0.4 is 4.74 Å². The fourth-order valence-corrected chi connectivity index (χ4v) is 4.62. The van der Waals surface area contributed by atoms with Gasteiger partial charge in [-0.3, -0.25) is 4.68 Å². The van der Waals surface area contributed by atoms with Gasteiger partial charge in [-0.15, -0.1) is 0 Å². The summed E-state index contributed by atoms with van der Waals surface area (Å²) in [6, 6.07) is 6.14. The quantitative estimate of drug-likeness (QED) is 0.409. The molecule has 2 heterocycles. The third-order valence-electron chi connectivity index (χ3n) is 6.79. The lowest BCUT2D eigenvalue weighted by atomic mass is 9.80. The lowest BCUT2D eigenvalue weighted by Gasteiger charge is -2.38. The molecule has 38 heavy (non-hydrogen) atoms. The van der Waals surface area contributed by atoms with Crippen molar-refractivity contribution in [1.29, 1.82) is 0 Å².